The molecule has 2 aromatic heterocycles. The van der Waals surface area contributed by atoms with Crippen LogP contribution in [-0.4, -0.2) is 32.7 Å². The minimum Gasteiger partial charge on any atom is -0.434 e. The van der Waals surface area contributed by atoms with Crippen molar-refractivity contribution in [2.75, 3.05) is 5.75 Å². The summed E-state index contributed by atoms with van der Waals surface area (Å²) >= 11 is 2.72. The zero-order valence-corrected chi connectivity index (χ0v) is 14.8. The summed E-state index contributed by atoms with van der Waals surface area (Å²) < 4.78 is 32.4. The number of aromatic nitrogens is 3. The average Bonchev–Trinajstić information content (AvgIpc) is 3.19. The second kappa shape index (κ2) is 7.00. The molecule has 0 radical (unpaired) electrons. The van der Waals surface area contributed by atoms with E-state index in [-0.39, 0.29) is 22.8 Å². The average molecular weight is 391 g/mol. The summed E-state index contributed by atoms with van der Waals surface area (Å²) in [5.41, 5.74) is 1.09. The summed E-state index contributed by atoms with van der Waals surface area (Å²) in [5.74, 6) is -0.405. The van der Waals surface area contributed by atoms with E-state index in [4.69, 9.17) is 0 Å². The number of thioether (sulfide) groups is 1. The topological polar surface area (TPSA) is 56.5 Å². The summed E-state index contributed by atoms with van der Waals surface area (Å²) in [4.78, 5) is 13.2. The molecule has 5 nitrogen and oxygen atoms in total. The molecule has 0 spiro atoms. The fourth-order valence-electron chi connectivity index (χ4n) is 2.55. The van der Waals surface area contributed by atoms with Crippen molar-refractivity contribution in [3.8, 4) is 5.75 Å². The third-order valence-corrected chi connectivity index (χ3v) is 5.59. The van der Waals surface area contributed by atoms with Gasteiger partial charge in [0.1, 0.15) is 5.75 Å². The van der Waals surface area contributed by atoms with E-state index < -0.39 is 6.61 Å². The van der Waals surface area contributed by atoms with Crippen LogP contribution in [-0.2, 0) is 0 Å². The van der Waals surface area contributed by atoms with Gasteiger partial charge in [-0.3, -0.25) is 9.20 Å². The minimum atomic E-state index is -2.98. The number of alkyl halides is 2. The van der Waals surface area contributed by atoms with Gasteiger partial charge in [0.15, 0.2) is 10.9 Å². The van der Waals surface area contributed by atoms with Crippen molar-refractivity contribution in [2.24, 2.45) is 0 Å². The third-order valence-electron chi connectivity index (χ3n) is 3.65. The Bertz CT molecular complexity index is 1090. The fourth-order valence-corrected chi connectivity index (χ4v) is 4.40. The van der Waals surface area contributed by atoms with Gasteiger partial charge in [-0.15, -0.1) is 10.2 Å². The van der Waals surface area contributed by atoms with Crippen molar-refractivity contribution in [1.82, 2.24) is 14.6 Å². The maximum Gasteiger partial charge on any atom is 0.387 e. The highest BCUT2D eigenvalue weighted by Crippen LogP contribution is 2.30. The predicted octanol–water partition coefficient (Wildman–Crippen LogP) is 4.52. The summed E-state index contributed by atoms with van der Waals surface area (Å²) in [7, 11) is 0. The second-order valence-corrected chi connectivity index (χ2v) is 7.21. The van der Waals surface area contributed by atoms with Crippen LogP contribution in [0.1, 0.15) is 10.4 Å². The lowest BCUT2D eigenvalue weighted by Crippen LogP contribution is -2.09. The van der Waals surface area contributed by atoms with Crippen LogP contribution in [0, 0.1) is 0 Å². The van der Waals surface area contributed by atoms with Crippen LogP contribution < -0.4 is 4.74 Å². The molecule has 2 heterocycles. The first-order valence-corrected chi connectivity index (χ1v) is 9.36. The Balaban J connectivity index is 1.58. The van der Waals surface area contributed by atoms with Crippen molar-refractivity contribution < 1.29 is 18.3 Å². The van der Waals surface area contributed by atoms with Crippen LogP contribution in [0.3, 0.4) is 0 Å². The number of carbonyl (C=O) groups excluding carboxylic acids is 1. The fraction of sp³-hybridized carbons (Fsp3) is 0.118. The maximum absolute atomic E-state index is 12.5. The van der Waals surface area contributed by atoms with Gasteiger partial charge in [0.05, 0.1) is 21.5 Å². The van der Waals surface area contributed by atoms with Gasteiger partial charge in [-0.25, -0.2) is 0 Å². The van der Waals surface area contributed by atoms with Crippen molar-refractivity contribution >= 4 is 44.1 Å². The molecule has 4 rings (SSSR count). The zero-order valence-electron chi connectivity index (χ0n) is 13.1. The van der Waals surface area contributed by atoms with Gasteiger partial charge in [0.25, 0.3) is 0 Å². The van der Waals surface area contributed by atoms with Gasteiger partial charge < -0.3 is 4.74 Å². The van der Waals surface area contributed by atoms with E-state index in [1.807, 2.05) is 28.7 Å². The Morgan fingerprint density at radius 3 is 2.77 bits per heavy atom. The van der Waals surface area contributed by atoms with Crippen LogP contribution in [0.5, 0.6) is 5.75 Å². The number of thiazole rings is 1. The molecule has 0 amide bonds. The molecule has 26 heavy (non-hydrogen) atoms. The number of nitrogens with zero attached hydrogens (tertiary/aromatic N) is 3. The molecule has 0 fully saturated rings. The molecule has 0 unspecified atom stereocenters. The van der Waals surface area contributed by atoms with E-state index in [0.717, 1.165) is 15.2 Å². The largest absolute Gasteiger partial charge is 0.434 e. The second-order valence-electron chi connectivity index (χ2n) is 5.26. The maximum atomic E-state index is 12.5. The van der Waals surface area contributed by atoms with Crippen LogP contribution in [0.2, 0.25) is 0 Å². The number of fused-ring (bicyclic) bond motifs is 3. The standard InChI is InChI=1S/C17H11F2N3O2S2/c18-15(19)24-13-7-3-1-5-10(13)12(23)9-25-16-20-21-17-22(16)11-6-2-4-8-14(11)26-17/h1-8,15H,9H2. The number of carbonyl (C=O) groups is 1. The quantitative estimate of drug-likeness (QED) is 0.357. The van der Waals surface area contributed by atoms with Crippen LogP contribution in [0.4, 0.5) is 8.78 Å². The Hall–Kier alpha value is -2.52. The Morgan fingerprint density at radius 1 is 1.15 bits per heavy atom. The number of Topliss-reactive ketones (excluding diaryl/α,β-unsaturated/α-hetero) is 1. The summed E-state index contributed by atoms with van der Waals surface area (Å²) in [6.07, 6.45) is 0. The molecule has 132 valence electrons. The van der Waals surface area contributed by atoms with Crippen molar-refractivity contribution in [2.45, 2.75) is 11.8 Å². The molecular weight excluding hydrogens is 380 g/mol. The number of para-hydroxylation sites is 2. The molecule has 2 aromatic carbocycles. The lowest BCUT2D eigenvalue weighted by Gasteiger charge is -2.09. The molecule has 0 atom stereocenters. The number of benzene rings is 2. The Kier molecular flexibility index (Phi) is 4.56. The first-order chi connectivity index (χ1) is 12.6. The molecule has 0 aliphatic heterocycles. The molecule has 4 aromatic rings. The van der Waals surface area contributed by atoms with Gasteiger partial charge in [0.2, 0.25) is 4.96 Å². The number of hydrogen-bond donors (Lipinski definition) is 0. The predicted molar refractivity (Wildman–Crippen MR) is 96.5 cm³/mol. The first-order valence-electron chi connectivity index (χ1n) is 7.56. The normalized spacial score (nSPS) is 11.5. The molecular formula is C17H11F2N3O2S2. The number of hydrogen-bond acceptors (Lipinski definition) is 6. The van der Waals surface area contributed by atoms with Gasteiger partial charge in [-0.05, 0) is 24.3 Å². The SMILES string of the molecule is O=C(CSc1nnc2sc3ccccc3n12)c1ccccc1OC(F)F. The molecule has 9 heteroatoms. The van der Waals surface area contributed by atoms with Gasteiger partial charge >= 0.3 is 6.61 Å². The van der Waals surface area contributed by atoms with Crippen molar-refractivity contribution in [1.29, 1.82) is 0 Å². The highest BCUT2D eigenvalue weighted by molar-refractivity contribution is 7.99. The van der Waals surface area contributed by atoms with Crippen LogP contribution >= 0.6 is 23.1 Å². The molecule has 0 bridgehead atoms. The number of ether oxygens (including phenoxy) is 1. The van der Waals surface area contributed by atoms with Gasteiger partial charge in [0, 0.05) is 0 Å². The van der Waals surface area contributed by atoms with E-state index >= 15 is 0 Å². The highest BCUT2D eigenvalue weighted by Gasteiger charge is 2.18. The number of halogens is 2. The molecule has 0 aliphatic carbocycles. The van der Waals surface area contributed by atoms with E-state index in [2.05, 4.69) is 14.9 Å². The lowest BCUT2D eigenvalue weighted by atomic mass is 10.1. The zero-order chi connectivity index (χ0) is 18.1. The van der Waals surface area contributed by atoms with E-state index in [1.165, 1.54) is 35.2 Å². The van der Waals surface area contributed by atoms with Gasteiger partial charge in [-0.1, -0.05) is 47.4 Å². The number of ketones is 1. The molecule has 0 saturated heterocycles. The van der Waals surface area contributed by atoms with E-state index in [1.54, 1.807) is 12.1 Å². The van der Waals surface area contributed by atoms with E-state index in [9.17, 15) is 13.6 Å². The van der Waals surface area contributed by atoms with E-state index in [0.29, 0.717) is 5.16 Å². The monoisotopic (exact) mass is 391 g/mol. The molecule has 0 saturated carbocycles. The summed E-state index contributed by atoms with van der Waals surface area (Å²) in [6.45, 7) is -2.98. The minimum absolute atomic E-state index is 0.0363. The van der Waals surface area contributed by atoms with Crippen LogP contribution in [0.15, 0.2) is 53.7 Å². The number of rotatable bonds is 6. The molecule has 0 aliphatic rings. The summed E-state index contributed by atoms with van der Waals surface area (Å²) in [6, 6.07) is 13.8. The Morgan fingerprint density at radius 2 is 1.92 bits per heavy atom. The van der Waals surface area contributed by atoms with Gasteiger partial charge in [-0.2, -0.15) is 8.78 Å². The smallest absolute Gasteiger partial charge is 0.387 e. The first kappa shape index (κ1) is 16.9. The highest BCUT2D eigenvalue weighted by atomic mass is 32.2. The van der Waals surface area contributed by atoms with Crippen molar-refractivity contribution in [3.05, 3.63) is 54.1 Å². The third kappa shape index (κ3) is 3.15. The van der Waals surface area contributed by atoms with Crippen molar-refractivity contribution in [3.63, 3.8) is 0 Å². The summed E-state index contributed by atoms with van der Waals surface area (Å²) in [5, 5.41) is 8.85. The Labute approximate surface area is 154 Å². The lowest BCUT2D eigenvalue weighted by molar-refractivity contribution is -0.0501. The van der Waals surface area contributed by atoms with Crippen LogP contribution in [0.25, 0.3) is 15.2 Å². The molecule has 0 N–H and O–H groups in total.